The lowest BCUT2D eigenvalue weighted by Crippen LogP contribution is -1.95. The van der Waals surface area contributed by atoms with Crippen molar-refractivity contribution in [2.45, 2.75) is 6.92 Å². The van der Waals surface area contributed by atoms with Crippen LogP contribution in [0.1, 0.15) is 12.5 Å². The smallest absolute Gasteiger partial charge is 0.123 e. The predicted molar refractivity (Wildman–Crippen MR) is 41.2 cm³/mol. The first-order valence-corrected chi connectivity index (χ1v) is 2.97. The molecule has 0 aliphatic heterocycles. The van der Waals surface area contributed by atoms with E-state index in [1.807, 2.05) is 0 Å². The van der Waals surface area contributed by atoms with Crippen LogP contribution in [-0.2, 0) is 0 Å². The fourth-order valence-electron chi connectivity index (χ4n) is 0.682. The fourth-order valence-corrected chi connectivity index (χ4v) is 0.682. The highest BCUT2D eigenvalue weighted by atomic mass is 14.8. The maximum Gasteiger partial charge on any atom is 0.123 e. The maximum atomic E-state index is 7.25. The molecule has 10 heavy (non-hydrogen) atoms. The van der Waals surface area contributed by atoms with Crippen molar-refractivity contribution in [2.24, 2.45) is 0 Å². The maximum absolute atomic E-state index is 7.25. The van der Waals surface area contributed by atoms with Gasteiger partial charge in [0.05, 0.1) is 0 Å². The number of nitrogens with two attached hydrogens (primary N) is 1. The predicted octanol–water partition coefficient (Wildman–Crippen LogP) is 1.05. The van der Waals surface area contributed by atoms with Gasteiger partial charge < -0.3 is 11.1 Å². The van der Waals surface area contributed by atoms with Crippen molar-refractivity contribution in [3.05, 3.63) is 23.9 Å². The third kappa shape index (κ3) is 1.31. The molecule has 0 aliphatic carbocycles. The summed E-state index contributed by atoms with van der Waals surface area (Å²) in [6.07, 6.45) is 1.60. The van der Waals surface area contributed by atoms with Crippen LogP contribution in [0.5, 0.6) is 0 Å². The highest BCUT2D eigenvalue weighted by Gasteiger charge is 1.93. The van der Waals surface area contributed by atoms with Crippen molar-refractivity contribution < 1.29 is 0 Å². The van der Waals surface area contributed by atoms with Crippen LogP contribution in [0.25, 0.3) is 0 Å². The van der Waals surface area contributed by atoms with E-state index < -0.39 is 0 Å². The lowest BCUT2D eigenvalue weighted by atomic mass is 10.2. The zero-order chi connectivity index (χ0) is 7.56. The molecule has 0 unspecified atom stereocenters. The van der Waals surface area contributed by atoms with Gasteiger partial charge >= 0.3 is 0 Å². The minimum absolute atomic E-state index is 0.462. The van der Waals surface area contributed by atoms with E-state index in [1.165, 1.54) is 0 Å². The van der Waals surface area contributed by atoms with Crippen molar-refractivity contribution in [3.63, 3.8) is 0 Å². The molecule has 0 aromatic carbocycles. The molecule has 0 atom stereocenters. The number of rotatable bonds is 1. The van der Waals surface area contributed by atoms with E-state index in [2.05, 4.69) is 4.98 Å². The second kappa shape index (κ2) is 2.47. The van der Waals surface area contributed by atoms with Crippen molar-refractivity contribution in [1.29, 1.82) is 5.41 Å². The summed E-state index contributed by atoms with van der Waals surface area (Å²) in [6, 6.07) is 3.45. The third-order valence-electron chi connectivity index (χ3n) is 1.21. The largest absolute Gasteiger partial charge is 0.384 e. The first-order chi connectivity index (χ1) is 4.70. The molecule has 0 amide bonds. The molecule has 0 saturated carbocycles. The van der Waals surface area contributed by atoms with Crippen LogP contribution < -0.4 is 5.73 Å². The standard InChI is InChI=1S/C7H9N3/c1-5(8)6-2-3-10-7(9)4-6/h2-4,8H,1H3,(H2,9,10). The Balaban J connectivity index is 3.07. The Bertz CT molecular complexity index is 255. The summed E-state index contributed by atoms with van der Waals surface area (Å²) in [5.74, 6) is 0.462. The number of hydrogen-bond acceptors (Lipinski definition) is 3. The second-order valence-electron chi connectivity index (χ2n) is 2.09. The number of hydrogen-bond donors (Lipinski definition) is 2. The second-order valence-corrected chi connectivity index (χ2v) is 2.09. The van der Waals surface area contributed by atoms with Crippen molar-refractivity contribution in [1.82, 2.24) is 4.98 Å². The molecular weight excluding hydrogens is 126 g/mol. The highest BCUT2D eigenvalue weighted by Crippen LogP contribution is 2.02. The van der Waals surface area contributed by atoms with Gasteiger partial charge in [0.25, 0.3) is 0 Å². The molecule has 1 heterocycles. The summed E-state index contributed by atoms with van der Waals surface area (Å²) >= 11 is 0. The van der Waals surface area contributed by atoms with Crippen molar-refractivity contribution in [3.8, 4) is 0 Å². The SMILES string of the molecule is CC(=N)c1ccnc(N)c1. The molecule has 3 heteroatoms. The normalized spacial score (nSPS) is 9.30. The third-order valence-corrected chi connectivity index (χ3v) is 1.21. The van der Waals surface area contributed by atoms with E-state index in [0.29, 0.717) is 11.5 Å². The van der Waals surface area contributed by atoms with Gasteiger partial charge in [0, 0.05) is 17.5 Å². The summed E-state index contributed by atoms with van der Waals surface area (Å²) in [6.45, 7) is 1.72. The number of anilines is 1. The number of aromatic nitrogens is 1. The summed E-state index contributed by atoms with van der Waals surface area (Å²) in [4.78, 5) is 3.80. The van der Waals surface area contributed by atoms with E-state index in [0.717, 1.165) is 5.56 Å². The molecule has 0 saturated heterocycles. The Labute approximate surface area is 59.4 Å². The number of nitrogen functional groups attached to an aromatic ring is 1. The first-order valence-electron chi connectivity index (χ1n) is 2.97. The van der Waals surface area contributed by atoms with Crippen LogP contribution in [0, 0.1) is 5.41 Å². The molecular formula is C7H9N3. The average Bonchev–Trinajstić information content (AvgIpc) is 1.88. The van der Waals surface area contributed by atoms with E-state index in [4.69, 9.17) is 11.1 Å². The minimum atomic E-state index is 0.462. The van der Waals surface area contributed by atoms with E-state index >= 15 is 0 Å². The number of pyridine rings is 1. The quantitative estimate of drug-likeness (QED) is 0.565. The summed E-state index contributed by atoms with van der Waals surface area (Å²) in [5, 5.41) is 7.25. The van der Waals surface area contributed by atoms with Crippen molar-refractivity contribution in [2.75, 3.05) is 5.73 Å². The number of nitrogens with zero attached hydrogens (tertiary/aromatic N) is 1. The Kier molecular flexibility index (Phi) is 1.67. The fraction of sp³-hybridized carbons (Fsp3) is 0.143. The summed E-state index contributed by atoms with van der Waals surface area (Å²) in [5.41, 5.74) is 6.72. The van der Waals surface area contributed by atoms with E-state index in [-0.39, 0.29) is 0 Å². The van der Waals surface area contributed by atoms with Crippen LogP contribution in [-0.4, -0.2) is 10.7 Å². The highest BCUT2D eigenvalue weighted by molar-refractivity contribution is 5.96. The monoisotopic (exact) mass is 135 g/mol. The van der Waals surface area contributed by atoms with Gasteiger partial charge in [-0.1, -0.05) is 0 Å². The molecule has 0 radical (unpaired) electrons. The molecule has 0 aliphatic rings. The Morgan fingerprint density at radius 3 is 2.80 bits per heavy atom. The lowest BCUT2D eigenvalue weighted by molar-refractivity contribution is 1.32. The average molecular weight is 135 g/mol. The molecule has 0 fully saturated rings. The Morgan fingerprint density at radius 2 is 2.40 bits per heavy atom. The van der Waals surface area contributed by atoms with Crippen LogP contribution in [0.2, 0.25) is 0 Å². The van der Waals surface area contributed by atoms with E-state index in [1.54, 1.807) is 25.3 Å². The molecule has 1 rings (SSSR count). The van der Waals surface area contributed by atoms with Gasteiger partial charge in [0.15, 0.2) is 0 Å². The zero-order valence-corrected chi connectivity index (χ0v) is 5.76. The van der Waals surface area contributed by atoms with Gasteiger partial charge in [-0.3, -0.25) is 0 Å². The van der Waals surface area contributed by atoms with Crippen LogP contribution in [0.15, 0.2) is 18.3 Å². The van der Waals surface area contributed by atoms with Crippen LogP contribution in [0.3, 0.4) is 0 Å². The topological polar surface area (TPSA) is 62.8 Å². The first kappa shape index (κ1) is 6.74. The summed E-state index contributed by atoms with van der Waals surface area (Å²) < 4.78 is 0. The van der Waals surface area contributed by atoms with Crippen LogP contribution >= 0.6 is 0 Å². The zero-order valence-electron chi connectivity index (χ0n) is 5.76. The van der Waals surface area contributed by atoms with Gasteiger partial charge in [-0.15, -0.1) is 0 Å². The molecule has 0 spiro atoms. The molecule has 52 valence electrons. The molecule has 3 N–H and O–H groups in total. The molecule has 3 nitrogen and oxygen atoms in total. The van der Waals surface area contributed by atoms with Gasteiger partial charge in [0.1, 0.15) is 5.82 Å². The lowest BCUT2D eigenvalue weighted by Gasteiger charge is -1.96. The van der Waals surface area contributed by atoms with Gasteiger partial charge in [-0.05, 0) is 19.1 Å². The van der Waals surface area contributed by atoms with Crippen LogP contribution in [0.4, 0.5) is 5.82 Å². The van der Waals surface area contributed by atoms with Crippen molar-refractivity contribution >= 4 is 11.5 Å². The molecule has 0 bridgehead atoms. The summed E-state index contributed by atoms with van der Waals surface area (Å²) in [7, 11) is 0. The minimum Gasteiger partial charge on any atom is -0.384 e. The number of nitrogens with one attached hydrogen (secondary N) is 1. The van der Waals surface area contributed by atoms with Gasteiger partial charge in [-0.25, -0.2) is 4.98 Å². The van der Waals surface area contributed by atoms with Gasteiger partial charge in [-0.2, -0.15) is 0 Å². The Morgan fingerprint density at radius 1 is 1.70 bits per heavy atom. The molecule has 1 aromatic rings. The van der Waals surface area contributed by atoms with E-state index in [9.17, 15) is 0 Å². The molecule has 1 aromatic heterocycles. The van der Waals surface area contributed by atoms with Gasteiger partial charge in [0.2, 0.25) is 0 Å². The Hall–Kier alpha value is -1.38.